The van der Waals surface area contributed by atoms with Gasteiger partial charge in [-0.1, -0.05) is 30.7 Å². The van der Waals surface area contributed by atoms with Gasteiger partial charge < -0.3 is 10.1 Å². The molecule has 0 aliphatic heterocycles. The van der Waals surface area contributed by atoms with Gasteiger partial charge in [-0.05, 0) is 42.3 Å². The Bertz CT molecular complexity index is 883. The maximum absolute atomic E-state index is 12.5. The van der Waals surface area contributed by atoms with Crippen LogP contribution >= 0.6 is 11.6 Å². The van der Waals surface area contributed by atoms with Gasteiger partial charge in [0.15, 0.2) is 0 Å². The van der Waals surface area contributed by atoms with E-state index in [0.29, 0.717) is 12.0 Å². The predicted molar refractivity (Wildman–Crippen MR) is 103 cm³/mol. The van der Waals surface area contributed by atoms with E-state index in [1.54, 1.807) is 7.11 Å². The first-order valence-electron chi connectivity index (χ1n) is 7.95. The van der Waals surface area contributed by atoms with Crippen LogP contribution in [0, 0.1) is 0 Å². The highest BCUT2D eigenvalue weighted by Crippen LogP contribution is 2.25. The number of sulfonamides is 1. The molecule has 6 nitrogen and oxygen atoms in total. The predicted octanol–water partition coefficient (Wildman–Crippen LogP) is 3.60. The van der Waals surface area contributed by atoms with Crippen LogP contribution in [-0.2, 0) is 10.0 Å². The number of hydrogen-bond acceptors (Lipinski definition) is 4. The molecule has 0 radical (unpaired) electrons. The van der Waals surface area contributed by atoms with E-state index in [-0.39, 0.29) is 22.7 Å². The van der Waals surface area contributed by atoms with Crippen molar-refractivity contribution in [1.82, 2.24) is 5.32 Å². The monoisotopic (exact) mass is 396 g/mol. The second-order valence-corrected chi connectivity index (χ2v) is 7.93. The van der Waals surface area contributed by atoms with Crippen molar-refractivity contribution in [2.75, 3.05) is 18.1 Å². The summed E-state index contributed by atoms with van der Waals surface area (Å²) in [4.78, 5) is 12.5. The Balaban J connectivity index is 2.15. The fraction of sp³-hybridized carbons (Fsp3) is 0.278. The van der Waals surface area contributed by atoms with Gasteiger partial charge in [-0.3, -0.25) is 9.52 Å². The first-order valence-corrected chi connectivity index (χ1v) is 10.2. The molecule has 2 aromatic rings. The molecule has 2 aromatic carbocycles. The molecule has 0 fully saturated rings. The highest BCUT2D eigenvalue weighted by atomic mass is 35.5. The lowest BCUT2D eigenvalue weighted by atomic mass is 10.0. The molecule has 0 unspecified atom stereocenters. The Morgan fingerprint density at radius 2 is 1.85 bits per heavy atom. The van der Waals surface area contributed by atoms with Gasteiger partial charge in [0, 0.05) is 5.56 Å². The summed E-state index contributed by atoms with van der Waals surface area (Å²) in [5.41, 5.74) is 1.54. The average molecular weight is 397 g/mol. The van der Waals surface area contributed by atoms with Crippen molar-refractivity contribution >= 4 is 33.2 Å². The number of anilines is 1. The molecule has 2 N–H and O–H groups in total. The van der Waals surface area contributed by atoms with E-state index in [4.69, 9.17) is 16.3 Å². The van der Waals surface area contributed by atoms with Gasteiger partial charge in [-0.15, -0.1) is 0 Å². The van der Waals surface area contributed by atoms with E-state index >= 15 is 0 Å². The van der Waals surface area contributed by atoms with E-state index < -0.39 is 10.0 Å². The fourth-order valence-electron chi connectivity index (χ4n) is 2.44. The van der Waals surface area contributed by atoms with Crippen LogP contribution in [0.15, 0.2) is 42.5 Å². The van der Waals surface area contributed by atoms with E-state index in [1.807, 2.05) is 31.2 Å². The van der Waals surface area contributed by atoms with Crippen LogP contribution in [0.4, 0.5) is 5.69 Å². The number of benzene rings is 2. The number of carbonyl (C=O) groups excluding carboxylic acids is 1. The van der Waals surface area contributed by atoms with E-state index in [1.165, 1.54) is 18.2 Å². The first kappa shape index (κ1) is 20.1. The standard InChI is InChI=1S/C18H21ClN2O4S/c1-4-16(12-5-8-14(25-2)9-6-12)20-18(22)13-7-10-17(15(19)11-13)21-26(3,23)24/h5-11,16,21H,4H2,1-3H3,(H,20,22)/t16-/m1/s1. The van der Waals surface area contributed by atoms with E-state index in [2.05, 4.69) is 10.0 Å². The second-order valence-electron chi connectivity index (χ2n) is 5.78. The summed E-state index contributed by atoms with van der Waals surface area (Å²) in [6, 6.07) is 11.7. The summed E-state index contributed by atoms with van der Waals surface area (Å²) < 4.78 is 30.0. The van der Waals surface area contributed by atoms with Crippen LogP contribution in [0.5, 0.6) is 5.75 Å². The Labute approximate surface area is 158 Å². The maximum atomic E-state index is 12.5. The van der Waals surface area contributed by atoms with Crippen molar-refractivity contribution in [2.45, 2.75) is 19.4 Å². The fourth-order valence-corrected chi connectivity index (χ4v) is 3.30. The van der Waals surface area contributed by atoms with E-state index in [9.17, 15) is 13.2 Å². The lowest BCUT2D eigenvalue weighted by molar-refractivity contribution is 0.0935. The first-order chi connectivity index (χ1) is 12.2. The molecular weight excluding hydrogens is 376 g/mol. The van der Waals surface area contributed by atoms with Gasteiger partial charge in [0.1, 0.15) is 5.75 Å². The smallest absolute Gasteiger partial charge is 0.251 e. The summed E-state index contributed by atoms with van der Waals surface area (Å²) in [5.74, 6) is 0.455. The van der Waals surface area contributed by atoms with Gasteiger partial charge >= 0.3 is 0 Å². The van der Waals surface area contributed by atoms with Crippen LogP contribution in [0.2, 0.25) is 5.02 Å². The number of rotatable bonds is 7. The largest absolute Gasteiger partial charge is 0.497 e. The van der Waals surface area contributed by atoms with Crippen molar-refractivity contribution in [1.29, 1.82) is 0 Å². The minimum atomic E-state index is -3.44. The Kier molecular flexibility index (Phi) is 6.50. The van der Waals surface area contributed by atoms with Crippen molar-refractivity contribution in [2.24, 2.45) is 0 Å². The van der Waals surface area contributed by atoms with Gasteiger partial charge in [-0.25, -0.2) is 8.42 Å². The molecule has 140 valence electrons. The molecule has 26 heavy (non-hydrogen) atoms. The molecule has 0 aliphatic rings. The van der Waals surface area contributed by atoms with E-state index in [0.717, 1.165) is 17.6 Å². The Morgan fingerprint density at radius 1 is 1.19 bits per heavy atom. The molecular formula is C18H21ClN2O4S. The highest BCUT2D eigenvalue weighted by Gasteiger charge is 2.16. The summed E-state index contributed by atoms with van der Waals surface area (Å²) in [6.07, 6.45) is 1.74. The molecule has 1 atom stereocenters. The molecule has 0 aromatic heterocycles. The Hall–Kier alpha value is -2.25. The number of halogens is 1. The van der Waals surface area contributed by atoms with Gasteiger partial charge in [-0.2, -0.15) is 0 Å². The van der Waals surface area contributed by atoms with Gasteiger partial charge in [0.25, 0.3) is 5.91 Å². The van der Waals surface area contributed by atoms with Crippen molar-refractivity contribution < 1.29 is 17.9 Å². The molecule has 1 amide bonds. The second kappa shape index (κ2) is 8.42. The molecule has 0 aliphatic carbocycles. The van der Waals surface area contributed by atoms with Crippen molar-refractivity contribution in [3.05, 3.63) is 58.6 Å². The third kappa shape index (κ3) is 5.37. The third-order valence-corrected chi connectivity index (χ3v) is 4.66. The summed E-state index contributed by atoms with van der Waals surface area (Å²) >= 11 is 6.08. The number of ether oxygens (including phenoxy) is 1. The topological polar surface area (TPSA) is 84.5 Å². The van der Waals surface area contributed by atoms with Crippen LogP contribution in [-0.4, -0.2) is 27.7 Å². The molecule has 0 heterocycles. The lowest BCUT2D eigenvalue weighted by Crippen LogP contribution is -2.28. The molecule has 8 heteroatoms. The van der Waals surface area contributed by atoms with Crippen LogP contribution in [0.3, 0.4) is 0 Å². The lowest BCUT2D eigenvalue weighted by Gasteiger charge is -2.18. The number of methoxy groups -OCH3 is 1. The molecule has 0 spiro atoms. The van der Waals surface area contributed by atoms with Crippen LogP contribution in [0.1, 0.15) is 35.3 Å². The minimum Gasteiger partial charge on any atom is -0.497 e. The third-order valence-electron chi connectivity index (χ3n) is 3.76. The van der Waals surface area contributed by atoms with Crippen molar-refractivity contribution in [3.63, 3.8) is 0 Å². The molecule has 0 bridgehead atoms. The average Bonchev–Trinajstić information content (AvgIpc) is 2.60. The zero-order valence-corrected chi connectivity index (χ0v) is 16.3. The van der Waals surface area contributed by atoms with Crippen LogP contribution in [0.25, 0.3) is 0 Å². The van der Waals surface area contributed by atoms with Crippen LogP contribution < -0.4 is 14.8 Å². The quantitative estimate of drug-likeness (QED) is 0.748. The zero-order chi connectivity index (χ0) is 19.3. The van der Waals surface area contributed by atoms with Gasteiger partial charge in [0.05, 0.1) is 30.1 Å². The summed E-state index contributed by atoms with van der Waals surface area (Å²) in [6.45, 7) is 1.97. The number of amides is 1. The summed E-state index contributed by atoms with van der Waals surface area (Å²) in [5, 5.41) is 3.11. The number of hydrogen-bond donors (Lipinski definition) is 2. The zero-order valence-electron chi connectivity index (χ0n) is 14.7. The molecule has 0 saturated heterocycles. The number of carbonyl (C=O) groups is 1. The normalized spacial score (nSPS) is 12.3. The maximum Gasteiger partial charge on any atom is 0.251 e. The minimum absolute atomic E-state index is 0.153. The van der Waals surface area contributed by atoms with Crippen molar-refractivity contribution in [3.8, 4) is 5.75 Å². The van der Waals surface area contributed by atoms with Gasteiger partial charge in [0.2, 0.25) is 10.0 Å². The Morgan fingerprint density at radius 3 is 2.35 bits per heavy atom. The SMILES string of the molecule is CC[C@@H](NC(=O)c1ccc(NS(C)(=O)=O)c(Cl)c1)c1ccc(OC)cc1. The molecule has 0 saturated carbocycles. The summed E-state index contributed by atoms with van der Waals surface area (Å²) in [7, 11) is -1.85. The highest BCUT2D eigenvalue weighted by molar-refractivity contribution is 7.92. The molecule has 2 rings (SSSR count). The number of nitrogens with one attached hydrogen (secondary N) is 2.